The quantitative estimate of drug-likeness (QED) is 0.262. The Bertz CT molecular complexity index is 882. The fourth-order valence-electron chi connectivity index (χ4n) is 4.78. The molecule has 0 heterocycles. The van der Waals surface area contributed by atoms with Gasteiger partial charge in [-0.05, 0) is 94.6 Å². The molecule has 3 heteroatoms. The molecule has 0 unspecified atom stereocenters. The molecule has 182 valence electrons. The summed E-state index contributed by atoms with van der Waals surface area (Å²) in [4.78, 5) is 7.02. The summed E-state index contributed by atoms with van der Waals surface area (Å²) in [6, 6.07) is 25.8. The van der Waals surface area contributed by atoms with Crippen LogP contribution < -0.4 is 14.7 Å². The van der Waals surface area contributed by atoms with Gasteiger partial charge < -0.3 is 14.7 Å². The molecule has 0 aliphatic rings. The van der Waals surface area contributed by atoms with Gasteiger partial charge >= 0.3 is 0 Å². The molecule has 3 nitrogen and oxygen atoms in total. The molecular formula is C31H43N3. The van der Waals surface area contributed by atoms with E-state index >= 15 is 0 Å². The van der Waals surface area contributed by atoms with Gasteiger partial charge in [-0.25, -0.2) is 0 Å². The van der Waals surface area contributed by atoms with Gasteiger partial charge in [0.2, 0.25) is 0 Å². The number of hydrogen-bond donors (Lipinski definition) is 0. The lowest BCUT2D eigenvalue weighted by Gasteiger charge is -2.25. The van der Waals surface area contributed by atoms with Crippen molar-refractivity contribution >= 4 is 17.1 Å². The molecule has 0 saturated carbocycles. The summed E-state index contributed by atoms with van der Waals surface area (Å²) >= 11 is 0. The Hall–Kier alpha value is -2.94. The first-order chi connectivity index (χ1) is 17.0. The monoisotopic (exact) mass is 458 g/mol. The summed E-state index contributed by atoms with van der Waals surface area (Å²) in [5.41, 5.74) is 6.57. The molecule has 3 aromatic carbocycles. The second-order valence-electron chi connectivity index (χ2n) is 8.53. The van der Waals surface area contributed by atoms with Crippen molar-refractivity contribution in [3.63, 3.8) is 0 Å². The minimum Gasteiger partial charge on any atom is -0.372 e. The minimum absolute atomic E-state index is 0.974. The Balaban J connectivity index is 2.10. The Morgan fingerprint density at radius 2 is 0.647 bits per heavy atom. The predicted octanol–water partition coefficient (Wildman–Crippen LogP) is 7.41. The second-order valence-corrected chi connectivity index (χ2v) is 8.53. The van der Waals surface area contributed by atoms with Crippen LogP contribution in [-0.2, 0) is 0 Å². The molecule has 3 aromatic rings. The summed E-state index contributed by atoms with van der Waals surface area (Å²) in [6.45, 7) is 18.9. The van der Waals surface area contributed by atoms with Crippen LogP contribution in [0.2, 0.25) is 0 Å². The zero-order valence-electron chi connectivity index (χ0n) is 23.0. The number of rotatable bonds is 12. The summed E-state index contributed by atoms with van der Waals surface area (Å²) in [5.74, 6) is -0.995. The van der Waals surface area contributed by atoms with Gasteiger partial charge in [0.15, 0.2) is 0 Å². The first kappa shape index (κ1) is 24.2. The molecule has 3 rings (SSSR count). The molecule has 0 saturated heterocycles. The fraction of sp³-hybridized carbons (Fsp3) is 0.419. The summed E-state index contributed by atoms with van der Waals surface area (Å²) < 4.78 is 9.91. The lowest BCUT2D eigenvalue weighted by Crippen LogP contribution is -2.22. The van der Waals surface area contributed by atoms with Crippen molar-refractivity contribution in [3.8, 4) is 0 Å². The highest BCUT2D eigenvalue weighted by Gasteiger charge is 2.18. The number of nitrogens with zero attached hydrogens (tertiary/aromatic N) is 3. The van der Waals surface area contributed by atoms with Crippen LogP contribution in [0, 0.1) is 0 Å². The van der Waals surface area contributed by atoms with E-state index in [0.717, 1.165) is 56.0 Å². The molecule has 34 heavy (non-hydrogen) atoms. The Morgan fingerprint density at radius 3 is 0.824 bits per heavy atom. The summed E-state index contributed by atoms with van der Waals surface area (Å²) in [7, 11) is 0. The average Bonchev–Trinajstić information content (AvgIpc) is 2.91. The van der Waals surface area contributed by atoms with Crippen LogP contribution >= 0.6 is 0 Å². The number of anilines is 3. The standard InChI is InChI=1S/C31H43N3/c1-7-32(8-2)28-19-13-25(14-20-28)31(26-15-21-29(22-16-26)33(9-3)10-4)27-17-23-30(24-18-27)34(11-5)12-6/h13-24,31H,7-12H2,1-6H3/i31D. The lowest BCUT2D eigenvalue weighted by molar-refractivity contribution is 0.861. The van der Waals surface area contributed by atoms with Gasteiger partial charge in [0.05, 0.1) is 0 Å². The van der Waals surface area contributed by atoms with Crippen LogP contribution in [0.15, 0.2) is 72.8 Å². The zero-order valence-corrected chi connectivity index (χ0v) is 22.0. The minimum atomic E-state index is -0.995. The van der Waals surface area contributed by atoms with Gasteiger partial charge in [0, 0.05) is 63.6 Å². The van der Waals surface area contributed by atoms with Gasteiger partial charge in [-0.1, -0.05) is 36.4 Å². The van der Waals surface area contributed by atoms with Gasteiger partial charge in [-0.3, -0.25) is 0 Å². The van der Waals surface area contributed by atoms with Crippen LogP contribution in [0.25, 0.3) is 0 Å². The van der Waals surface area contributed by atoms with Gasteiger partial charge in [-0.2, -0.15) is 0 Å². The van der Waals surface area contributed by atoms with E-state index in [2.05, 4.69) is 129 Å². The smallest absolute Gasteiger partial charge is 0.0452 e. The first-order valence-corrected chi connectivity index (χ1v) is 13.0. The van der Waals surface area contributed by atoms with E-state index in [1.807, 2.05) is 0 Å². The highest BCUT2D eigenvalue weighted by Crippen LogP contribution is 2.35. The van der Waals surface area contributed by atoms with Crippen LogP contribution in [0.4, 0.5) is 17.1 Å². The highest BCUT2D eigenvalue weighted by atomic mass is 15.1. The number of benzene rings is 3. The topological polar surface area (TPSA) is 9.72 Å². The number of hydrogen-bond acceptors (Lipinski definition) is 3. The van der Waals surface area contributed by atoms with Crippen LogP contribution in [0.1, 0.15) is 65.5 Å². The molecule has 0 N–H and O–H groups in total. The molecule has 0 amide bonds. The van der Waals surface area contributed by atoms with Gasteiger partial charge in [0.25, 0.3) is 0 Å². The largest absolute Gasteiger partial charge is 0.372 e. The average molecular weight is 459 g/mol. The Morgan fingerprint density at radius 1 is 0.441 bits per heavy atom. The summed E-state index contributed by atoms with van der Waals surface area (Å²) in [6.07, 6.45) is 0. The molecule has 0 aliphatic carbocycles. The van der Waals surface area contributed by atoms with E-state index in [0.29, 0.717) is 0 Å². The summed E-state index contributed by atoms with van der Waals surface area (Å²) in [5, 5.41) is 0. The maximum atomic E-state index is 9.91. The van der Waals surface area contributed by atoms with E-state index in [1.54, 1.807) is 0 Å². The van der Waals surface area contributed by atoms with Crippen molar-refractivity contribution in [1.82, 2.24) is 0 Å². The zero-order chi connectivity index (χ0) is 25.4. The van der Waals surface area contributed by atoms with E-state index in [-0.39, 0.29) is 0 Å². The van der Waals surface area contributed by atoms with E-state index in [4.69, 9.17) is 0 Å². The van der Waals surface area contributed by atoms with Crippen molar-refractivity contribution in [3.05, 3.63) is 89.5 Å². The molecule has 0 aromatic heterocycles. The molecular weight excluding hydrogens is 414 g/mol. The lowest BCUT2D eigenvalue weighted by atomic mass is 9.85. The third-order valence-corrected chi connectivity index (χ3v) is 6.85. The fourth-order valence-corrected chi connectivity index (χ4v) is 4.78. The molecule has 0 aliphatic heterocycles. The third-order valence-electron chi connectivity index (χ3n) is 6.85. The predicted molar refractivity (Wildman–Crippen MR) is 151 cm³/mol. The molecule has 0 bridgehead atoms. The SMILES string of the molecule is [2H]C(c1ccc(N(CC)CC)cc1)(c1ccc(N(CC)CC)cc1)c1ccc(N(CC)CC)cc1. The van der Waals surface area contributed by atoms with E-state index in [1.165, 1.54) is 17.1 Å². The maximum absolute atomic E-state index is 9.91. The van der Waals surface area contributed by atoms with Crippen molar-refractivity contribution in [2.45, 2.75) is 47.4 Å². The molecule has 0 atom stereocenters. The second kappa shape index (κ2) is 12.5. The molecule has 0 radical (unpaired) electrons. The normalized spacial score (nSPS) is 11.8. The van der Waals surface area contributed by atoms with Gasteiger partial charge in [0.1, 0.15) is 0 Å². The van der Waals surface area contributed by atoms with Crippen LogP contribution in [0.5, 0.6) is 0 Å². The Kier molecular flexibility index (Phi) is 8.90. The van der Waals surface area contributed by atoms with Crippen molar-refractivity contribution in [2.24, 2.45) is 0 Å². The molecule has 0 spiro atoms. The van der Waals surface area contributed by atoms with E-state index in [9.17, 15) is 1.37 Å². The first-order valence-electron chi connectivity index (χ1n) is 13.5. The Labute approximate surface area is 209 Å². The maximum Gasteiger partial charge on any atom is 0.0452 e. The molecule has 0 fully saturated rings. The van der Waals surface area contributed by atoms with Crippen molar-refractivity contribution in [1.29, 1.82) is 0 Å². The van der Waals surface area contributed by atoms with Crippen LogP contribution in [-0.4, -0.2) is 39.3 Å². The van der Waals surface area contributed by atoms with Crippen molar-refractivity contribution in [2.75, 3.05) is 54.0 Å². The van der Waals surface area contributed by atoms with Gasteiger partial charge in [-0.15, -0.1) is 0 Å². The highest BCUT2D eigenvalue weighted by molar-refractivity contribution is 5.56. The third kappa shape index (κ3) is 5.75. The van der Waals surface area contributed by atoms with Crippen molar-refractivity contribution < 1.29 is 1.37 Å². The van der Waals surface area contributed by atoms with E-state index < -0.39 is 5.89 Å². The van der Waals surface area contributed by atoms with Crippen LogP contribution in [0.3, 0.4) is 0 Å².